The fourth-order valence-corrected chi connectivity index (χ4v) is 2.78. The number of hydrogen-bond donors (Lipinski definition) is 1. The predicted molar refractivity (Wildman–Crippen MR) is 84.8 cm³/mol. The van der Waals surface area contributed by atoms with Gasteiger partial charge in [-0.25, -0.2) is 4.39 Å². The molecular formula is C18H21FN2. The maximum atomic E-state index is 13.5. The molecule has 3 heteroatoms. The van der Waals surface area contributed by atoms with Crippen molar-refractivity contribution >= 4 is 5.69 Å². The third-order valence-corrected chi connectivity index (χ3v) is 4.01. The molecule has 0 radical (unpaired) electrons. The molecule has 110 valence electrons. The van der Waals surface area contributed by atoms with E-state index in [-0.39, 0.29) is 5.82 Å². The maximum absolute atomic E-state index is 13.5. The van der Waals surface area contributed by atoms with Crippen molar-refractivity contribution in [2.24, 2.45) is 0 Å². The highest BCUT2D eigenvalue weighted by molar-refractivity contribution is 5.48. The van der Waals surface area contributed by atoms with Crippen LogP contribution in [0, 0.1) is 5.82 Å². The van der Waals surface area contributed by atoms with Crippen LogP contribution in [-0.2, 0) is 13.1 Å². The van der Waals surface area contributed by atoms with E-state index in [1.807, 2.05) is 12.1 Å². The van der Waals surface area contributed by atoms with Crippen LogP contribution >= 0.6 is 0 Å². The smallest absolute Gasteiger partial charge is 0.127 e. The van der Waals surface area contributed by atoms with Crippen LogP contribution in [0.4, 0.5) is 10.1 Å². The summed E-state index contributed by atoms with van der Waals surface area (Å²) in [6.45, 7) is 3.66. The average Bonchev–Trinajstić information content (AvgIpc) is 3.04. The van der Waals surface area contributed by atoms with Crippen molar-refractivity contribution in [2.45, 2.75) is 25.9 Å². The molecule has 0 aromatic heterocycles. The normalized spacial score (nSPS) is 14.6. The Balaban J connectivity index is 1.52. The minimum atomic E-state index is -0.144. The molecule has 2 aromatic carbocycles. The molecule has 2 nitrogen and oxygen atoms in total. The first-order chi connectivity index (χ1) is 10.3. The Morgan fingerprint density at radius 1 is 0.905 bits per heavy atom. The summed E-state index contributed by atoms with van der Waals surface area (Å²) in [5.41, 5.74) is 3.26. The van der Waals surface area contributed by atoms with Crippen molar-refractivity contribution in [3.05, 3.63) is 65.5 Å². The largest absolute Gasteiger partial charge is 0.372 e. The zero-order valence-corrected chi connectivity index (χ0v) is 12.2. The van der Waals surface area contributed by atoms with E-state index in [1.54, 1.807) is 6.07 Å². The Kier molecular flexibility index (Phi) is 4.51. The van der Waals surface area contributed by atoms with E-state index in [0.717, 1.165) is 6.54 Å². The number of nitrogens with one attached hydrogen (secondary N) is 1. The summed E-state index contributed by atoms with van der Waals surface area (Å²) in [7, 11) is 0. The molecule has 0 aliphatic carbocycles. The molecule has 1 heterocycles. The Morgan fingerprint density at radius 3 is 2.33 bits per heavy atom. The Bertz CT molecular complexity index is 574. The van der Waals surface area contributed by atoms with Gasteiger partial charge >= 0.3 is 0 Å². The molecule has 1 N–H and O–H groups in total. The van der Waals surface area contributed by atoms with Crippen molar-refractivity contribution in [2.75, 3.05) is 18.0 Å². The average molecular weight is 284 g/mol. The molecule has 1 saturated heterocycles. The summed E-state index contributed by atoms with van der Waals surface area (Å²) < 4.78 is 13.5. The minimum absolute atomic E-state index is 0.144. The first-order valence-electron chi connectivity index (χ1n) is 7.61. The fourth-order valence-electron chi connectivity index (χ4n) is 2.78. The van der Waals surface area contributed by atoms with Gasteiger partial charge < -0.3 is 10.2 Å². The molecule has 1 aliphatic heterocycles. The lowest BCUT2D eigenvalue weighted by molar-refractivity contribution is 0.588. The lowest BCUT2D eigenvalue weighted by Gasteiger charge is -2.17. The van der Waals surface area contributed by atoms with Gasteiger partial charge in [-0.15, -0.1) is 0 Å². The summed E-state index contributed by atoms with van der Waals surface area (Å²) in [4.78, 5) is 2.43. The fraction of sp³-hybridized carbons (Fsp3) is 0.333. The van der Waals surface area contributed by atoms with Gasteiger partial charge in [-0.3, -0.25) is 0 Å². The monoisotopic (exact) mass is 284 g/mol. The first-order valence-corrected chi connectivity index (χ1v) is 7.61. The van der Waals surface area contributed by atoms with Crippen LogP contribution in [-0.4, -0.2) is 13.1 Å². The van der Waals surface area contributed by atoms with Gasteiger partial charge in [0.25, 0.3) is 0 Å². The van der Waals surface area contributed by atoms with Crippen molar-refractivity contribution in [1.82, 2.24) is 5.32 Å². The second-order valence-corrected chi connectivity index (χ2v) is 5.56. The minimum Gasteiger partial charge on any atom is -0.372 e. The van der Waals surface area contributed by atoms with Crippen LogP contribution < -0.4 is 10.2 Å². The summed E-state index contributed by atoms with van der Waals surface area (Å²) in [5, 5.41) is 3.29. The molecular weight excluding hydrogens is 263 g/mol. The van der Waals surface area contributed by atoms with Crippen LogP contribution in [0.5, 0.6) is 0 Å². The molecule has 0 atom stereocenters. The number of nitrogens with zero attached hydrogens (tertiary/aromatic N) is 1. The van der Waals surface area contributed by atoms with Gasteiger partial charge in [0.1, 0.15) is 5.82 Å². The number of halogens is 1. The summed E-state index contributed by atoms with van der Waals surface area (Å²) in [6, 6.07) is 15.6. The standard InChI is InChI=1S/C18H21FN2/c19-18-6-2-1-5-16(18)14-20-13-15-7-9-17(10-8-15)21-11-3-4-12-21/h1-2,5-10,20H,3-4,11-14H2. The molecule has 21 heavy (non-hydrogen) atoms. The third kappa shape index (κ3) is 3.61. The van der Waals surface area contributed by atoms with Crippen LogP contribution in [0.1, 0.15) is 24.0 Å². The Morgan fingerprint density at radius 2 is 1.62 bits per heavy atom. The molecule has 2 aromatic rings. The van der Waals surface area contributed by atoms with Gasteiger partial charge in [-0.2, -0.15) is 0 Å². The molecule has 0 saturated carbocycles. The highest BCUT2D eigenvalue weighted by Crippen LogP contribution is 2.20. The van der Waals surface area contributed by atoms with Crippen molar-refractivity contribution in [3.63, 3.8) is 0 Å². The highest BCUT2D eigenvalue weighted by atomic mass is 19.1. The molecule has 0 spiro atoms. The van der Waals surface area contributed by atoms with Gasteiger partial charge in [0.2, 0.25) is 0 Å². The summed E-state index contributed by atoms with van der Waals surface area (Å²) in [6.07, 6.45) is 2.60. The number of anilines is 1. The van der Waals surface area contributed by atoms with E-state index in [4.69, 9.17) is 0 Å². The second kappa shape index (κ2) is 6.72. The van der Waals surface area contributed by atoms with Crippen LogP contribution in [0.15, 0.2) is 48.5 Å². The number of hydrogen-bond acceptors (Lipinski definition) is 2. The summed E-state index contributed by atoms with van der Waals surface area (Å²) in [5.74, 6) is -0.144. The van der Waals surface area contributed by atoms with E-state index in [0.29, 0.717) is 12.1 Å². The third-order valence-electron chi connectivity index (χ3n) is 4.01. The topological polar surface area (TPSA) is 15.3 Å². The zero-order valence-electron chi connectivity index (χ0n) is 12.2. The quantitative estimate of drug-likeness (QED) is 0.900. The van der Waals surface area contributed by atoms with Crippen LogP contribution in [0.3, 0.4) is 0 Å². The van der Waals surface area contributed by atoms with E-state index in [1.165, 1.54) is 43.2 Å². The van der Waals surface area contributed by atoms with Gasteiger partial charge in [0.15, 0.2) is 0 Å². The van der Waals surface area contributed by atoms with Gasteiger partial charge in [-0.1, -0.05) is 30.3 Å². The second-order valence-electron chi connectivity index (χ2n) is 5.56. The number of benzene rings is 2. The van der Waals surface area contributed by atoms with Gasteiger partial charge in [-0.05, 0) is 36.6 Å². The van der Waals surface area contributed by atoms with E-state index in [2.05, 4.69) is 34.5 Å². The molecule has 0 unspecified atom stereocenters. The van der Waals surface area contributed by atoms with Crippen molar-refractivity contribution in [3.8, 4) is 0 Å². The van der Waals surface area contributed by atoms with Crippen LogP contribution in [0.25, 0.3) is 0 Å². The molecule has 1 aliphatic rings. The Hall–Kier alpha value is -1.87. The molecule has 3 rings (SSSR count). The van der Waals surface area contributed by atoms with E-state index in [9.17, 15) is 4.39 Å². The van der Waals surface area contributed by atoms with Gasteiger partial charge in [0, 0.05) is 37.4 Å². The summed E-state index contributed by atoms with van der Waals surface area (Å²) >= 11 is 0. The highest BCUT2D eigenvalue weighted by Gasteiger charge is 2.11. The van der Waals surface area contributed by atoms with Gasteiger partial charge in [0.05, 0.1) is 0 Å². The van der Waals surface area contributed by atoms with Crippen LogP contribution in [0.2, 0.25) is 0 Å². The van der Waals surface area contributed by atoms with E-state index < -0.39 is 0 Å². The molecule has 0 amide bonds. The molecule has 1 fully saturated rings. The van der Waals surface area contributed by atoms with Crippen molar-refractivity contribution < 1.29 is 4.39 Å². The predicted octanol–water partition coefficient (Wildman–Crippen LogP) is 3.72. The maximum Gasteiger partial charge on any atom is 0.127 e. The first kappa shape index (κ1) is 14.1. The Labute approximate surface area is 125 Å². The lowest BCUT2D eigenvalue weighted by Crippen LogP contribution is -2.17. The zero-order chi connectivity index (χ0) is 14.5. The SMILES string of the molecule is Fc1ccccc1CNCc1ccc(N2CCCC2)cc1. The number of rotatable bonds is 5. The van der Waals surface area contributed by atoms with Crippen molar-refractivity contribution in [1.29, 1.82) is 0 Å². The lowest BCUT2D eigenvalue weighted by atomic mass is 10.1. The van der Waals surface area contributed by atoms with E-state index >= 15 is 0 Å². The molecule has 0 bridgehead atoms.